The molecule has 7 nitrogen and oxygen atoms in total. The molecule has 0 aliphatic heterocycles. The van der Waals surface area contributed by atoms with Crippen LogP contribution in [0.2, 0.25) is 0 Å². The van der Waals surface area contributed by atoms with Crippen molar-refractivity contribution in [3.05, 3.63) is 35.6 Å². The highest BCUT2D eigenvalue weighted by atomic mass is 19.1. The average molecular weight is 394 g/mol. The Kier molecular flexibility index (Phi) is 9.98. The van der Waals surface area contributed by atoms with Gasteiger partial charge in [0.15, 0.2) is 0 Å². The van der Waals surface area contributed by atoms with Gasteiger partial charge in [0.05, 0.1) is 6.54 Å². The first-order valence-corrected chi connectivity index (χ1v) is 9.63. The Bertz CT molecular complexity index is 647. The van der Waals surface area contributed by atoms with Crippen LogP contribution in [-0.4, -0.2) is 60.4 Å². The number of halogens is 1. The Labute approximate surface area is 166 Å². The lowest BCUT2D eigenvalue weighted by atomic mass is 10.1. The number of urea groups is 1. The zero-order valence-electron chi connectivity index (χ0n) is 17.1. The molecule has 0 aromatic heterocycles. The van der Waals surface area contributed by atoms with E-state index in [1.54, 1.807) is 24.1 Å². The minimum Gasteiger partial charge on any atom is -0.342 e. The maximum Gasteiger partial charge on any atom is 0.315 e. The molecule has 1 unspecified atom stereocenters. The summed E-state index contributed by atoms with van der Waals surface area (Å²) in [7, 11) is 1.56. The third kappa shape index (κ3) is 7.54. The summed E-state index contributed by atoms with van der Waals surface area (Å²) >= 11 is 0. The van der Waals surface area contributed by atoms with Gasteiger partial charge in [-0.05, 0) is 38.0 Å². The molecule has 0 fully saturated rings. The number of carbonyl (C=O) groups is 3. The van der Waals surface area contributed by atoms with E-state index in [1.165, 1.54) is 17.0 Å². The van der Waals surface area contributed by atoms with E-state index in [0.717, 1.165) is 5.56 Å². The molecule has 1 aromatic carbocycles. The lowest BCUT2D eigenvalue weighted by molar-refractivity contribution is -0.140. The van der Waals surface area contributed by atoms with Crippen LogP contribution in [0.4, 0.5) is 9.18 Å². The third-order valence-corrected chi connectivity index (χ3v) is 4.41. The van der Waals surface area contributed by atoms with E-state index in [-0.39, 0.29) is 30.7 Å². The van der Waals surface area contributed by atoms with Crippen LogP contribution in [0.15, 0.2) is 24.3 Å². The van der Waals surface area contributed by atoms with Crippen molar-refractivity contribution >= 4 is 17.8 Å². The first-order chi connectivity index (χ1) is 13.3. The van der Waals surface area contributed by atoms with Gasteiger partial charge in [-0.3, -0.25) is 9.59 Å². The normalized spacial score (nSPS) is 11.5. The number of carbonyl (C=O) groups excluding carboxylic acids is 3. The number of nitrogens with one attached hydrogen (secondary N) is 2. The molecular weight excluding hydrogens is 363 g/mol. The topological polar surface area (TPSA) is 81.8 Å². The van der Waals surface area contributed by atoms with Crippen molar-refractivity contribution in [2.24, 2.45) is 0 Å². The molecule has 28 heavy (non-hydrogen) atoms. The molecule has 1 rings (SSSR count). The first-order valence-electron chi connectivity index (χ1n) is 9.63. The van der Waals surface area contributed by atoms with E-state index in [4.69, 9.17) is 0 Å². The molecule has 0 saturated heterocycles. The van der Waals surface area contributed by atoms with Gasteiger partial charge < -0.3 is 20.4 Å². The Morgan fingerprint density at radius 2 is 1.68 bits per heavy atom. The molecule has 0 heterocycles. The van der Waals surface area contributed by atoms with Crippen LogP contribution in [0, 0.1) is 5.82 Å². The number of nitrogens with zero attached hydrogens (tertiary/aromatic N) is 2. The van der Waals surface area contributed by atoms with Crippen molar-refractivity contribution in [3.8, 4) is 0 Å². The van der Waals surface area contributed by atoms with E-state index < -0.39 is 12.1 Å². The molecule has 0 bridgehead atoms. The van der Waals surface area contributed by atoms with E-state index in [0.29, 0.717) is 25.9 Å². The van der Waals surface area contributed by atoms with Crippen molar-refractivity contribution in [1.29, 1.82) is 0 Å². The van der Waals surface area contributed by atoms with Gasteiger partial charge in [-0.15, -0.1) is 0 Å². The van der Waals surface area contributed by atoms with Gasteiger partial charge >= 0.3 is 6.03 Å². The van der Waals surface area contributed by atoms with Gasteiger partial charge in [0.25, 0.3) is 0 Å². The maximum atomic E-state index is 12.9. The van der Waals surface area contributed by atoms with Crippen LogP contribution in [0.3, 0.4) is 0 Å². The average Bonchev–Trinajstić information content (AvgIpc) is 2.67. The van der Waals surface area contributed by atoms with Crippen LogP contribution in [0.25, 0.3) is 0 Å². The summed E-state index contributed by atoms with van der Waals surface area (Å²) in [4.78, 5) is 40.1. The predicted octanol–water partition coefficient (Wildman–Crippen LogP) is 2.12. The van der Waals surface area contributed by atoms with Crippen LogP contribution in [-0.2, 0) is 16.1 Å². The molecule has 0 aliphatic carbocycles. The molecule has 4 amide bonds. The minimum atomic E-state index is -0.715. The SMILES string of the molecule is CCCC(NC(=O)NCc1ccc(F)cc1)C(=O)N(C)CC(=O)N(CC)CC. The van der Waals surface area contributed by atoms with Crippen molar-refractivity contribution in [2.45, 2.75) is 46.2 Å². The summed E-state index contributed by atoms with van der Waals surface area (Å²) in [6.07, 6.45) is 1.17. The Balaban J connectivity index is 2.61. The number of likely N-dealkylation sites (N-methyl/N-ethyl adjacent to an activating group) is 2. The summed E-state index contributed by atoms with van der Waals surface area (Å²) < 4.78 is 12.9. The zero-order valence-corrected chi connectivity index (χ0v) is 17.1. The van der Waals surface area contributed by atoms with Crippen LogP contribution < -0.4 is 10.6 Å². The van der Waals surface area contributed by atoms with Crippen molar-refractivity contribution in [1.82, 2.24) is 20.4 Å². The molecule has 0 saturated carbocycles. The summed E-state index contributed by atoms with van der Waals surface area (Å²) in [5, 5.41) is 5.33. The second-order valence-electron chi connectivity index (χ2n) is 6.56. The molecule has 2 N–H and O–H groups in total. The quantitative estimate of drug-likeness (QED) is 0.638. The monoisotopic (exact) mass is 394 g/mol. The fourth-order valence-electron chi connectivity index (χ4n) is 2.76. The molecule has 1 atom stereocenters. The molecule has 0 radical (unpaired) electrons. The molecule has 156 valence electrons. The van der Waals surface area contributed by atoms with Gasteiger partial charge in [-0.25, -0.2) is 9.18 Å². The first kappa shape index (κ1) is 23.4. The van der Waals surface area contributed by atoms with Gasteiger partial charge in [-0.1, -0.05) is 25.5 Å². The molecular formula is C20H31FN4O3. The highest BCUT2D eigenvalue weighted by Gasteiger charge is 2.25. The van der Waals surface area contributed by atoms with Crippen molar-refractivity contribution in [2.75, 3.05) is 26.7 Å². The predicted molar refractivity (Wildman–Crippen MR) is 106 cm³/mol. The molecule has 1 aromatic rings. The summed E-state index contributed by atoms with van der Waals surface area (Å²) in [6, 6.07) is 4.60. The number of hydrogen-bond donors (Lipinski definition) is 2. The molecule has 0 spiro atoms. The zero-order chi connectivity index (χ0) is 21.1. The van der Waals surface area contributed by atoms with Crippen LogP contribution in [0.5, 0.6) is 0 Å². The van der Waals surface area contributed by atoms with E-state index in [2.05, 4.69) is 10.6 Å². The smallest absolute Gasteiger partial charge is 0.315 e. The van der Waals surface area contributed by atoms with Gasteiger partial charge in [0.1, 0.15) is 11.9 Å². The third-order valence-electron chi connectivity index (χ3n) is 4.41. The maximum absolute atomic E-state index is 12.9. The van der Waals surface area contributed by atoms with Crippen molar-refractivity contribution in [3.63, 3.8) is 0 Å². The van der Waals surface area contributed by atoms with Crippen molar-refractivity contribution < 1.29 is 18.8 Å². The number of amides is 4. The Morgan fingerprint density at radius 3 is 2.21 bits per heavy atom. The highest BCUT2D eigenvalue weighted by molar-refractivity contribution is 5.90. The molecule has 0 aliphatic rings. The lowest BCUT2D eigenvalue weighted by Gasteiger charge is -2.26. The van der Waals surface area contributed by atoms with E-state index >= 15 is 0 Å². The fraction of sp³-hybridized carbons (Fsp3) is 0.550. The number of benzene rings is 1. The number of hydrogen-bond acceptors (Lipinski definition) is 3. The Morgan fingerprint density at radius 1 is 1.07 bits per heavy atom. The standard InChI is InChI=1S/C20H31FN4O3/c1-5-8-17(19(27)24(4)14-18(26)25(6-2)7-3)23-20(28)22-13-15-9-11-16(21)12-10-15/h9-12,17H,5-8,13-14H2,1-4H3,(H2,22,23,28). The second kappa shape index (κ2) is 11.9. The lowest BCUT2D eigenvalue weighted by Crippen LogP contribution is -2.52. The Hall–Kier alpha value is -2.64. The van der Waals surface area contributed by atoms with Crippen LogP contribution in [0.1, 0.15) is 39.2 Å². The summed E-state index contributed by atoms with van der Waals surface area (Å²) in [6.45, 7) is 7.04. The summed E-state index contributed by atoms with van der Waals surface area (Å²) in [5.74, 6) is -0.778. The number of rotatable bonds is 10. The second-order valence-corrected chi connectivity index (χ2v) is 6.56. The van der Waals surface area contributed by atoms with Gasteiger partial charge in [0, 0.05) is 26.7 Å². The van der Waals surface area contributed by atoms with Gasteiger partial charge in [-0.2, -0.15) is 0 Å². The van der Waals surface area contributed by atoms with E-state index in [9.17, 15) is 18.8 Å². The fourth-order valence-corrected chi connectivity index (χ4v) is 2.76. The van der Waals surface area contributed by atoms with Gasteiger partial charge in [0.2, 0.25) is 11.8 Å². The largest absolute Gasteiger partial charge is 0.342 e. The van der Waals surface area contributed by atoms with E-state index in [1.807, 2.05) is 20.8 Å². The van der Waals surface area contributed by atoms with Crippen LogP contribution >= 0.6 is 0 Å². The highest BCUT2D eigenvalue weighted by Crippen LogP contribution is 2.04. The minimum absolute atomic E-state index is 0.0282. The summed E-state index contributed by atoms with van der Waals surface area (Å²) in [5.41, 5.74) is 0.747. The molecule has 8 heteroatoms.